The van der Waals surface area contributed by atoms with Gasteiger partial charge in [-0.05, 0) is 12.5 Å². The van der Waals surface area contributed by atoms with Crippen molar-refractivity contribution in [2.24, 2.45) is 0 Å². The quantitative estimate of drug-likeness (QED) is 0.730. The SMILES string of the molecule is CCCn1ccnc1CC(=O)c1ncccn1. The molecule has 2 heterocycles. The van der Waals surface area contributed by atoms with E-state index >= 15 is 0 Å². The van der Waals surface area contributed by atoms with Gasteiger partial charge in [0.1, 0.15) is 5.82 Å². The lowest BCUT2D eigenvalue weighted by molar-refractivity contribution is 0.0979. The third kappa shape index (κ3) is 2.75. The molecule has 2 aromatic heterocycles. The summed E-state index contributed by atoms with van der Waals surface area (Å²) in [5.41, 5.74) is 0. The molecule has 0 bridgehead atoms. The van der Waals surface area contributed by atoms with Crippen LogP contribution in [-0.4, -0.2) is 25.3 Å². The molecule has 2 aromatic rings. The standard InChI is InChI=1S/C12H14N4O/c1-2-7-16-8-6-13-11(16)9-10(17)12-14-4-3-5-15-12/h3-6,8H,2,7,9H2,1H3. The van der Waals surface area contributed by atoms with Gasteiger partial charge in [-0.15, -0.1) is 0 Å². The average molecular weight is 230 g/mol. The fraction of sp³-hybridized carbons (Fsp3) is 0.333. The number of hydrogen-bond donors (Lipinski definition) is 0. The van der Waals surface area contributed by atoms with Crippen molar-refractivity contribution in [2.75, 3.05) is 0 Å². The van der Waals surface area contributed by atoms with Crippen LogP contribution in [0.4, 0.5) is 0 Å². The molecule has 0 spiro atoms. The maximum Gasteiger partial charge on any atom is 0.207 e. The minimum absolute atomic E-state index is 0.103. The molecule has 0 amide bonds. The Morgan fingerprint density at radius 2 is 2.00 bits per heavy atom. The number of imidazole rings is 1. The fourth-order valence-corrected chi connectivity index (χ4v) is 1.62. The summed E-state index contributed by atoms with van der Waals surface area (Å²) in [5.74, 6) is 0.914. The number of Topliss-reactive ketones (excluding diaryl/α,β-unsaturated/α-hetero) is 1. The molecule has 88 valence electrons. The van der Waals surface area contributed by atoms with Crippen LogP contribution in [0, 0.1) is 0 Å². The predicted molar refractivity (Wildman–Crippen MR) is 62.6 cm³/mol. The van der Waals surface area contributed by atoms with Crippen LogP contribution in [0.15, 0.2) is 30.9 Å². The van der Waals surface area contributed by atoms with Crippen molar-refractivity contribution in [3.63, 3.8) is 0 Å². The molecule has 0 N–H and O–H groups in total. The van der Waals surface area contributed by atoms with Crippen LogP contribution >= 0.6 is 0 Å². The van der Waals surface area contributed by atoms with E-state index < -0.39 is 0 Å². The van der Waals surface area contributed by atoms with Crippen LogP contribution in [0.1, 0.15) is 29.8 Å². The number of rotatable bonds is 5. The zero-order valence-electron chi connectivity index (χ0n) is 9.71. The van der Waals surface area contributed by atoms with E-state index in [2.05, 4.69) is 21.9 Å². The summed E-state index contributed by atoms with van der Waals surface area (Å²) in [6.45, 7) is 2.96. The van der Waals surface area contributed by atoms with E-state index in [1.54, 1.807) is 24.7 Å². The van der Waals surface area contributed by atoms with Gasteiger partial charge in [0, 0.05) is 31.3 Å². The third-order valence-electron chi connectivity index (χ3n) is 2.40. The Kier molecular flexibility index (Phi) is 3.59. The smallest absolute Gasteiger partial charge is 0.207 e. The molecule has 0 aliphatic rings. The molecular weight excluding hydrogens is 216 g/mol. The highest BCUT2D eigenvalue weighted by atomic mass is 16.1. The molecule has 0 unspecified atom stereocenters. The number of ketones is 1. The lowest BCUT2D eigenvalue weighted by Crippen LogP contribution is -2.12. The van der Waals surface area contributed by atoms with Crippen LogP contribution in [0.2, 0.25) is 0 Å². The molecule has 0 radical (unpaired) electrons. The highest BCUT2D eigenvalue weighted by Crippen LogP contribution is 2.03. The molecule has 17 heavy (non-hydrogen) atoms. The van der Waals surface area contributed by atoms with E-state index in [0.717, 1.165) is 18.8 Å². The van der Waals surface area contributed by atoms with Gasteiger partial charge < -0.3 is 4.57 Å². The Hall–Kier alpha value is -2.04. The molecule has 0 saturated carbocycles. The van der Waals surface area contributed by atoms with Crippen LogP contribution in [0.5, 0.6) is 0 Å². The molecule has 5 heteroatoms. The second kappa shape index (κ2) is 5.34. The zero-order chi connectivity index (χ0) is 12.1. The second-order valence-corrected chi connectivity index (χ2v) is 3.71. The largest absolute Gasteiger partial charge is 0.335 e. The van der Waals surface area contributed by atoms with Gasteiger partial charge in [-0.3, -0.25) is 4.79 Å². The first kappa shape index (κ1) is 11.4. The first-order chi connectivity index (χ1) is 8.31. The van der Waals surface area contributed by atoms with Gasteiger partial charge in [-0.2, -0.15) is 0 Å². The third-order valence-corrected chi connectivity index (χ3v) is 2.40. The van der Waals surface area contributed by atoms with E-state index in [-0.39, 0.29) is 18.0 Å². The van der Waals surface area contributed by atoms with E-state index in [4.69, 9.17) is 0 Å². The van der Waals surface area contributed by atoms with Gasteiger partial charge >= 0.3 is 0 Å². The molecule has 2 rings (SSSR count). The van der Waals surface area contributed by atoms with Crippen molar-refractivity contribution in [2.45, 2.75) is 26.3 Å². The Morgan fingerprint density at radius 3 is 2.71 bits per heavy atom. The van der Waals surface area contributed by atoms with Crippen molar-refractivity contribution in [3.05, 3.63) is 42.5 Å². The zero-order valence-corrected chi connectivity index (χ0v) is 9.71. The van der Waals surface area contributed by atoms with Crippen molar-refractivity contribution in [1.29, 1.82) is 0 Å². The monoisotopic (exact) mass is 230 g/mol. The van der Waals surface area contributed by atoms with E-state index in [1.807, 2.05) is 10.8 Å². The van der Waals surface area contributed by atoms with Crippen LogP contribution in [0.25, 0.3) is 0 Å². The fourth-order valence-electron chi connectivity index (χ4n) is 1.62. The first-order valence-electron chi connectivity index (χ1n) is 5.61. The van der Waals surface area contributed by atoms with Crippen molar-refractivity contribution < 1.29 is 4.79 Å². The Morgan fingerprint density at radius 1 is 1.24 bits per heavy atom. The van der Waals surface area contributed by atoms with Crippen molar-refractivity contribution in [1.82, 2.24) is 19.5 Å². The average Bonchev–Trinajstić information content (AvgIpc) is 2.78. The number of carbonyl (C=O) groups excluding carboxylic acids is 1. The van der Waals surface area contributed by atoms with E-state index in [0.29, 0.717) is 0 Å². The van der Waals surface area contributed by atoms with Gasteiger partial charge in [-0.1, -0.05) is 6.92 Å². The number of nitrogens with zero attached hydrogens (tertiary/aromatic N) is 4. The number of carbonyl (C=O) groups is 1. The summed E-state index contributed by atoms with van der Waals surface area (Å²) in [5, 5.41) is 0. The molecule has 0 atom stereocenters. The summed E-state index contributed by atoms with van der Waals surface area (Å²) >= 11 is 0. The first-order valence-corrected chi connectivity index (χ1v) is 5.61. The maximum atomic E-state index is 11.9. The van der Waals surface area contributed by atoms with Crippen molar-refractivity contribution in [3.8, 4) is 0 Å². The van der Waals surface area contributed by atoms with Gasteiger partial charge in [0.15, 0.2) is 5.82 Å². The maximum absolute atomic E-state index is 11.9. The Balaban J connectivity index is 2.11. The van der Waals surface area contributed by atoms with Gasteiger partial charge in [0.2, 0.25) is 5.78 Å². The lowest BCUT2D eigenvalue weighted by Gasteiger charge is -2.04. The molecule has 0 aliphatic carbocycles. The van der Waals surface area contributed by atoms with Gasteiger partial charge in [0.05, 0.1) is 6.42 Å². The summed E-state index contributed by atoms with van der Waals surface area (Å²) < 4.78 is 1.99. The highest BCUT2D eigenvalue weighted by Gasteiger charge is 2.12. The number of hydrogen-bond acceptors (Lipinski definition) is 4. The summed E-state index contributed by atoms with van der Waals surface area (Å²) in [4.78, 5) is 24.0. The van der Waals surface area contributed by atoms with Gasteiger partial charge in [0.25, 0.3) is 0 Å². The minimum Gasteiger partial charge on any atom is -0.335 e. The molecule has 5 nitrogen and oxygen atoms in total. The van der Waals surface area contributed by atoms with E-state index in [9.17, 15) is 4.79 Å². The van der Waals surface area contributed by atoms with Crippen LogP contribution < -0.4 is 0 Å². The topological polar surface area (TPSA) is 60.7 Å². The molecule has 0 saturated heterocycles. The molecular formula is C12H14N4O. The van der Waals surface area contributed by atoms with E-state index in [1.165, 1.54) is 0 Å². The lowest BCUT2D eigenvalue weighted by atomic mass is 10.2. The Labute approximate surface area is 99.6 Å². The Bertz CT molecular complexity index is 492. The summed E-state index contributed by atoms with van der Waals surface area (Å²) in [7, 11) is 0. The van der Waals surface area contributed by atoms with Crippen molar-refractivity contribution >= 4 is 5.78 Å². The number of aromatic nitrogens is 4. The van der Waals surface area contributed by atoms with Crippen LogP contribution in [0.3, 0.4) is 0 Å². The highest BCUT2D eigenvalue weighted by molar-refractivity contribution is 5.93. The van der Waals surface area contributed by atoms with Gasteiger partial charge in [-0.25, -0.2) is 15.0 Å². The molecule has 0 fully saturated rings. The molecule has 0 aromatic carbocycles. The summed E-state index contributed by atoms with van der Waals surface area (Å²) in [6.07, 6.45) is 8.00. The second-order valence-electron chi connectivity index (χ2n) is 3.71. The predicted octanol–water partition coefficient (Wildman–Crippen LogP) is 1.51. The van der Waals surface area contributed by atoms with Crippen LogP contribution in [-0.2, 0) is 13.0 Å². The summed E-state index contributed by atoms with van der Waals surface area (Å²) in [6, 6.07) is 1.69. The number of aryl methyl sites for hydroxylation is 1. The normalized spacial score (nSPS) is 10.4. The minimum atomic E-state index is -0.103. The molecule has 0 aliphatic heterocycles.